The van der Waals surface area contributed by atoms with Gasteiger partial charge in [-0.25, -0.2) is 14.5 Å². The standard InChI is InChI=1S/C17H18N6O2/c24-17(12-9-20-23-7-2-1-3-15(12)23)22-13-5-8-25-10-14(13)21-16-4-6-18-11-19-16/h1-4,6-7,9,11,13-14H,5,8,10H2,(H,22,24)(H,18,19,21)/t13-,14+/m0/s1. The molecule has 4 heterocycles. The molecule has 8 nitrogen and oxygen atoms in total. The first kappa shape index (κ1) is 15.5. The number of pyridine rings is 1. The molecule has 0 radical (unpaired) electrons. The zero-order valence-corrected chi connectivity index (χ0v) is 13.5. The number of nitrogens with zero attached hydrogens (tertiary/aromatic N) is 4. The lowest BCUT2D eigenvalue weighted by molar-refractivity contribution is 0.0620. The van der Waals surface area contributed by atoms with E-state index in [1.807, 2.05) is 24.4 Å². The van der Waals surface area contributed by atoms with Gasteiger partial charge in [-0.15, -0.1) is 0 Å². The highest BCUT2D eigenvalue weighted by molar-refractivity contribution is 6.00. The predicted octanol–water partition coefficient (Wildman–Crippen LogP) is 1.12. The minimum Gasteiger partial charge on any atom is -0.379 e. The molecule has 0 bridgehead atoms. The first-order valence-electron chi connectivity index (χ1n) is 8.15. The number of amides is 1. The van der Waals surface area contributed by atoms with Crippen LogP contribution in [0.15, 0.2) is 49.2 Å². The van der Waals surface area contributed by atoms with Crippen LogP contribution in [0.3, 0.4) is 0 Å². The summed E-state index contributed by atoms with van der Waals surface area (Å²) in [6, 6.07) is 7.31. The molecular formula is C17H18N6O2. The second kappa shape index (κ2) is 6.86. The van der Waals surface area contributed by atoms with Crippen LogP contribution in [0.25, 0.3) is 5.52 Å². The summed E-state index contributed by atoms with van der Waals surface area (Å²) in [6.45, 7) is 1.12. The van der Waals surface area contributed by atoms with Crippen LogP contribution in [0.4, 0.5) is 5.82 Å². The van der Waals surface area contributed by atoms with Gasteiger partial charge in [0.1, 0.15) is 12.1 Å². The van der Waals surface area contributed by atoms with E-state index in [9.17, 15) is 4.79 Å². The summed E-state index contributed by atoms with van der Waals surface area (Å²) in [5.41, 5.74) is 1.35. The van der Waals surface area contributed by atoms with E-state index >= 15 is 0 Å². The van der Waals surface area contributed by atoms with Crippen LogP contribution in [0.5, 0.6) is 0 Å². The molecule has 1 aliphatic heterocycles. The summed E-state index contributed by atoms with van der Waals surface area (Å²) < 4.78 is 7.24. The normalized spacial score (nSPS) is 20.3. The van der Waals surface area contributed by atoms with Crippen molar-refractivity contribution in [3.05, 3.63) is 54.7 Å². The molecule has 2 N–H and O–H groups in total. The van der Waals surface area contributed by atoms with Gasteiger partial charge in [0.25, 0.3) is 5.91 Å². The maximum atomic E-state index is 12.7. The Kier molecular flexibility index (Phi) is 4.26. The number of anilines is 1. The number of fused-ring (bicyclic) bond motifs is 1. The molecule has 0 saturated carbocycles. The molecule has 1 aliphatic rings. The van der Waals surface area contributed by atoms with Crippen LogP contribution < -0.4 is 10.6 Å². The number of carbonyl (C=O) groups is 1. The molecule has 8 heteroatoms. The van der Waals surface area contributed by atoms with Crippen molar-refractivity contribution in [3.8, 4) is 0 Å². The summed E-state index contributed by atoms with van der Waals surface area (Å²) in [5.74, 6) is 0.573. The average Bonchev–Trinajstić information content (AvgIpc) is 3.08. The van der Waals surface area contributed by atoms with E-state index in [1.165, 1.54) is 6.33 Å². The third-order valence-electron chi connectivity index (χ3n) is 4.26. The van der Waals surface area contributed by atoms with Crippen molar-refractivity contribution in [3.63, 3.8) is 0 Å². The molecule has 25 heavy (non-hydrogen) atoms. The Morgan fingerprint density at radius 2 is 2.24 bits per heavy atom. The topological polar surface area (TPSA) is 93.4 Å². The largest absolute Gasteiger partial charge is 0.379 e. The van der Waals surface area contributed by atoms with Gasteiger partial charge in [0.15, 0.2) is 0 Å². The minimum atomic E-state index is -0.136. The minimum absolute atomic E-state index is 0.0603. The summed E-state index contributed by atoms with van der Waals surface area (Å²) in [4.78, 5) is 20.8. The maximum absolute atomic E-state index is 12.7. The Hall–Kier alpha value is -3.00. The zero-order valence-electron chi connectivity index (χ0n) is 13.5. The van der Waals surface area contributed by atoms with Crippen molar-refractivity contribution >= 4 is 17.2 Å². The molecule has 0 spiro atoms. The van der Waals surface area contributed by atoms with Crippen LogP contribution in [-0.2, 0) is 4.74 Å². The molecule has 1 saturated heterocycles. The smallest absolute Gasteiger partial charge is 0.255 e. The van der Waals surface area contributed by atoms with Gasteiger partial charge < -0.3 is 15.4 Å². The van der Waals surface area contributed by atoms with Gasteiger partial charge in [0.05, 0.1) is 36.0 Å². The van der Waals surface area contributed by atoms with Gasteiger partial charge in [-0.3, -0.25) is 4.79 Å². The molecule has 128 valence electrons. The Bertz CT molecular complexity index is 866. The average molecular weight is 338 g/mol. The van der Waals surface area contributed by atoms with Gasteiger partial charge in [0.2, 0.25) is 0 Å². The molecule has 0 aromatic carbocycles. The monoisotopic (exact) mass is 338 g/mol. The predicted molar refractivity (Wildman–Crippen MR) is 91.3 cm³/mol. The van der Waals surface area contributed by atoms with Crippen molar-refractivity contribution in [1.82, 2.24) is 24.9 Å². The summed E-state index contributed by atoms with van der Waals surface area (Å²) in [6.07, 6.45) is 7.30. The van der Waals surface area contributed by atoms with Gasteiger partial charge in [0, 0.05) is 19.0 Å². The molecule has 3 aromatic heterocycles. The van der Waals surface area contributed by atoms with E-state index in [0.29, 0.717) is 24.6 Å². The van der Waals surface area contributed by atoms with Gasteiger partial charge in [-0.1, -0.05) is 6.07 Å². The fraction of sp³-hybridized carbons (Fsp3) is 0.294. The number of nitrogens with one attached hydrogen (secondary N) is 2. The highest BCUT2D eigenvalue weighted by Gasteiger charge is 2.28. The first-order valence-corrected chi connectivity index (χ1v) is 8.15. The number of carbonyl (C=O) groups excluding carboxylic acids is 1. The molecular weight excluding hydrogens is 320 g/mol. The number of hydrogen-bond donors (Lipinski definition) is 2. The van der Waals surface area contributed by atoms with E-state index in [2.05, 4.69) is 25.7 Å². The molecule has 2 atom stereocenters. The van der Waals surface area contributed by atoms with Crippen molar-refractivity contribution in [2.75, 3.05) is 18.5 Å². The van der Waals surface area contributed by atoms with E-state index in [4.69, 9.17) is 4.74 Å². The van der Waals surface area contributed by atoms with Crippen LogP contribution in [0.1, 0.15) is 16.8 Å². The number of rotatable bonds is 4. The summed E-state index contributed by atoms with van der Waals surface area (Å²) in [5, 5.41) is 10.6. The lowest BCUT2D eigenvalue weighted by Gasteiger charge is -2.33. The number of hydrogen-bond acceptors (Lipinski definition) is 6. The molecule has 4 rings (SSSR count). The van der Waals surface area contributed by atoms with Gasteiger partial charge in [-0.2, -0.15) is 5.10 Å². The molecule has 0 unspecified atom stereocenters. The highest BCUT2D eigenvalue weighted by atomic mass is 16.5. The number of aromatic nitrogens is 4. The van der Waals surface area contributed by atoms with Crippen molar-refractivity contribution < 1.29 is 9.53 Å². The van der Waals surface area contributed by atoms with E-state index < -0.39 is 0 Å². The SMILES string of the molecule is O=C(N[C@H]1CCOC[C@H]1Nc1ccncn1)c1cnn2ccccc12. The highest BCUT2D eigenvalue weighted by Crippen LogP contribution is 2.15. The van der Waals surface area contributed by atoms with Crippen LogP contribution in [0.2, 0.25) is 0 Å². The van der Waals surface area contributed by atoms with Gasteiger partial charge >= 0.3 is 0 Å². The third-order valence-corrected chi connectivity index (χ3v) is 4.26. The second-order valence-corrected chi connectivity index (χ2v) is 5.88. The van der Waals surface area contributed by atoms with Crippen molar-refractivity contribution in [2.24, 2.45) is 0 Å². The van der Waals surface area contributed by atoms with E-state index in [0.717, 1.165) is 11.9 Å². The Morgan fingerprint density at radius 1 is 1.28 bits per heavy atom. The number of ether oxygens (including phenoxy) is 1. The fourth-order valence-electron chi connectivity index (χ4n) is 2.97. The summed E-state index contributed by atoms with van der Waals surface area (Å²) >= 11 is 0. The Balaban J connectivity index is 1.50. The van der Waals surface area contributed by atoms with Crippen LogP contribution in [-0.4, -0.2) is 50.8 Å². The fourth-order valence-corrected chi connectivity index (χ4v) is 2.97. The van der Waals surface area contributed by atoms with E-state index in [-0.39, 0.29) is 18.0 Å². The molecule has 3 aromatic rings. The Labute approximate surface area is 144 Å². The van der Waals surface area contributed by atoms with Crippen LogP contribution in [0, 0.1) is 0 Å². The quantitative estimate of drug-likeness (QED) is 0.740. The summed E-state index contributed by atoms with van der Waals surface area (Å²) in [7, 11) is 0. The van der Waals surface area contributed by atoms with E-state index in [1.54, 1.807) is 23.0 Å². The van der Waals surface area contributed by atoms with Crippen molar-refractivity contribution in [2.45, 2.75) is 18.5 Å². The van der Waals surface area contributed by atoms with Crippen LogP contribution >= 0.6 is 0 Å². The lowest BCUT2D eigenvalue weighted by atomic mass is 10.0. The van der Waals surface area contributed by atoms with Gasteiger partial charge in [-0.05, 0) is 24.6 Å². The third kappa shape index (κ3) is 3.29. The second-order valence-electron chi connectivity index (χ2n) is 5.88. The maximum Gasteiger partial charge on any atom is 0.255 e. The molecule has 1 amide bonds. The Morgan fingerprint density at radius 3 is 3.12 bits per heavy atom. The molecule has 1 fully saturated rings. The molecule has 0 aliphatic carbocycles. The first-order chi connectivity index (χ1) is 12.3. The zero-order chi connectivity index (χ0) is 17.1. The van der Waals surface area contributed by atoms with Crippen molar-refractivity contribution in [1.29, 1.82) is 0 Å². The lowest BCUT2D eigenvalue weighted by Crippen LogP contribution is -2.52.